The quantitative estimate of drug-likeness (QED) is 0.626. The molecule has 1 aromatic carbocycles. The maximum atomic E-state index is 12.9. The summed E-state index contributed by atoms with van der Waals surface area (Å²) >= 11 is 2.71. The lowest BCUT2D eigenvalue weighted by Crippen LogP contribution is -2.36. The first-order chi connectivity index (χ1) is 12.3. The molecule has 6 nitrogen and oxygen atoms in total. The SMILES string of the molecule is CN(C)CCN(C(=O)c1cccs1)c1nc2c(S(C)(=O)=O)cccc2s1. The molecular weight excluding hydrogens is 390 g/mol. The normalized spacial score (nSPS) is 12.0. The monoisotopic (exact) mass is 409 g/mol. The van der Waals surface area contributed by atoms with E-state index in [0.29, 0.717) is 28.6 Å². The first kappa shape index (κ1) is 19.0. The van der Waals surface area contributed by atoms with E-state index in [2.05, 4.69) is 4.98 Å². The Morgan fingerprint density at radius 1 is 1.15 bits per heavy atom. The molecule has 1 amide bonds. The number of benzene rings is 1. The van der Waals surface area contributed by atoms with Gasteiger partial charge in [0.05, 0.1) is 14.5 Å². The number of carbonyl (C=O) groups excluding carboxylic acids is 1. The number of nitrogens with zero attached hydrogens (tertiary/aromatic N) is 3. The summed E-state index contributed by atoms with van der Waals surface area (Å²) in [5.41, 5.74) is 0.420. The minimum absolute atomic E-state index is 0.123. The highest BCUT2D eigenvalue weighted by Gasteiger charge is 2.24. The van der Waals surface area contributed by atoms with Crippen LogP contribution in [0.3, 0.4) is 0 Å². The highest BCUT2D eigenvalue weighted by atomic mass is 32.2. The van der Waals surface area contributed by atoms with Crippen molar-refractivity contribution in [2.45, 2.75) is 4.90 Å². The Kier molecular flexibility index (Phi) is 5.42. The third-order valence-electron chi connectivity index (χ3n) is 3.75. The van der Waals surface area contributed by atoms with E-state index in [-0.39, 0.29) is 10.8 Å². The van der Waals surface area contributed by atoms with Crippen LogP contribution in [0.25, 0.3) is 10.2 Å². The van der Waals surface area contributed by atoms with Crippen LogP contribution in [-0.4, -0.2) is 57.6 Å². The smallest absolute Gasteiger partial charge is 0.270 e. The molecular formula is C17H19N3O3S3. The Balaban J connectivity index is 2.07. The van der Waals surface area contributed by atoms with Crippen molar-refractivity contribution in [2.24, 2.45) is 0 Å². The van der Waals surface area contributed by atoms with Gasteiger partial charge in [0.25, 0.3) is 5.91 Å². The fourth-order valence-corrected chi connectivity index (χ4v) is 5.03. The summed E-state index contributed by atoms with van der Waals surface area (Å²) in [5, 5.41) is 2.37. The van der Waals surface area contributed by atoms with Gasteiger partial charge in [-0.05, 0) is 37.7 Å². The van der Waals surface area contributed by atoms with E-state index in [1.807, 2.05) is 36.5 Å². The summed E-state index contributed by atoms with van der Waals surface area (Å²) in [4.78, 5) is 21.9. The number of hydrogen-bond donors (Lipinski definition) is 0. The van der Waals surface area contributed by atoms with Gasteiger partial charge < -0.3 is 4.90 Å². The molecule has 0 unspecified atom stereocenters. The number of hydrogen-bond acceptors (Lipinski definition) is 7. The molecule has 2 aromatic heterocycles. The molecule has 0 aliphatic heterocycles. The lowest BCUT2D eigenvalue weighted by atomic mass is 10.3. The Morgan fingerprint density at radius 3 is 2.54 bits per heavy atom. The number of carbonyl (C=O) groups is 1. The van der Waals surface area contributed by atoms with Gasteiger partial charge in [-0.3, -0.25) is 9.69 Å². The molecule has 0 radical (unpaired) electrons. The van der Waals surface area contributed by atoms with Gasteiger partial charge >= 0.3 is 0 Å². The molecule has 3 aromatic rings. The van der Waals surface area contributed by atoms with E-state index >= 15 is 0 Å². The number of aromatic nitrogens is 1. The van der Waals surface area contributed by atoms with Crippen LogP contribution in [0.15, 0.2) is 40.6 Å². The Bertz CT molecular complexity index is 1020. The van der Waals surface area contributed by atoms with Gasteiger partial charge in [-0.2, -0.15) is 0 Å². The highest BCUT2D eigenvalue weighted by Crippen LogP contribution is 2.33. The van der Waals surface area contributed by atoms with Crippen LogP contribution in [0.5, 0.6) is 0 Å². The van der Waals surface area contributed by atoms with Gasteiger partial charge in [0, 0.05) is 19.3 Å². The standard InChI is InChI=1S/C17H19N3O3S3/c1-19(2)9-10-20(16(21)13-7-5-11-24-13)17-18-15-12(25-17)6-4-8-14(15)26(3,22)23/h4-8,11H,9-10H2,1-3H3. The molecule has 0 fully saturated rings. The zero-order chi connectivity index (χ0) is 18.9. The fourth-order valence-electron chi connectivity index (χ4n) is 2.44. The van der Waals surface area contributed by atoms with Crippen LogP contribution in [0.2, 0.25) is 0 Å². The number of thiophene rings is 1. The Hall–Kier alpha value is -1.81. The third-order valence-corrected chi connectivity index (χ3v) is 6.78. The van der Waals surface area contributed by atoms with Crippen molar-refractivity contribution in [1.29, 1.82) is 0 Å². The fraction of sp³-hybridized carbons (Fsp3) is 0.294. The molecule has 0 N–H and O–H groups in total. The summed E-state index contributed by atoms with van der Waals surface area (Å²) in [6, 6.07) is 8.69. The van der Waals surface area contributed by atoms with Gasteiger partial charge in [-0.15, -0.1) is 11.3 Å². The van der Waals surface area contributed by atoms with Gasteiger partial charge in [0.2, 0.25) is 0 Å². The van der Waals surface area contributed by atoms with Crippen LogP contribution < -0.4 is 4.90 Å². The van der Waals surface area contributed by atoms with Crippen LogP contribution in [0.1, 0.15) is 9.67 Å². The molecule has 9 heteroatoms. The zero-order valence-electron chi connectivity index (χ0n) is 14.7. The third kappa shape index (κ3) is 3.96. The number of rotatable bonds is 6. The first-order valence-corrected chi connectivity index (χ1v) is 11.5. The number of anilines is 1. The Morgan fingerprint density at radius 2 is 1.92 bits per heavy atom. The second-order valence-electron chi connectivity index (χ2n) is 6.11. The first-order valence-electron chi connectivity index (χ1n) is 7.87. The molecule has 0 bridgehead atoms. The van der Waals surface area contributed by atoms with E-state index in [1.54, 1.807) is 23.1 Å². The largest absolute Gasteiger partial charge is 0.308 e. The topological polar surface area (TPSA) is 70.6 Å². The summed E-state index contributed by atoms with van der Waals surface area (Å²) in [6.45, 7) is 1.14. The molecule has 138 valence electrons. The molecule has 0 spiro atoms. The number of sulfone groups is 1. The van der Waals surface area contributed by atoms with Crippen molar-refractivity contribution >= 4 is 53.8 Å². The molecule has 3 rings (SSSR count). The highest BCUT2D eigenvalue weighted by molar-refractivity contribution is 7.91. The van der Waals surface area contributed by atoms with Crippen molar-refractivity contribution in [3.8, 4) is 0 Å². The average Bonchev–Trinajstić information content (AvgIpc) is 3.22. The zero-order valence-corrected chi connectivity index (χ0v) is 17.1. The van der Waals surface area contributed by atoms with Crippen molar-refractivity contribution in [2.75, 3.05) is 38.3 Å². The lowest BCUT2D eigenvalue weighted by Gasteiger charge is -2.21. The Labute approximate surface area is 160 Å². The van der Waals surface area contributed by atoms with E-state index in [9.17, 15) is 13.2 Å². The number of amides is 1. The van der Waals surface area contributed by atoms with Crippen LogP contribution in [-0.2, 0) is 9.84 Å². The number of likely N-dealkylation sites (N-methyl/N-ethyl adjacent to an activating group) is 1. The van der Waals surface area contributed by atoms with E-state index < -0.39 is 9.84 Å². The van der Waals surface area contributed by atoms with E-state index in [0.717, 1.165) is 4.70 Å². The molecule has 0 atom stereocenters. The predicted octanol–water partition coefficient (Wildman–Crippen LogP) is 2.97. The molecule has 2 heterocycles. The average molecular weight is 410 g/mol. The second kappa shape index (κ2) is 7.43. The number of thiazole rings is 1. The maximum absolute atomic E-state index is 12.9. The van der Waals surface area contributed by atoms with Crippen molar-refractivity contribution < 1.29 is 13.2 Å². The van der Waals surface area contributed by atoms with Gasteiger partial charge in [-0.1, -0.05) is 23.5 Å². The summed E-state index contributed by atoms with van der Waals surface area (Å²) in [5.74, 6) is -0.123. The summed E-state index contributed by atoms with van der Waals surface area (Å²) < 4.78 is 24.8. The van der Waals surface area contributed by atoms with E-state index in [4.69, 9.17) is 0 Å². The molecule has 0 saturated carbocycles. The van der Waals surface area contributed by atoms with Gasteiger partial charge in [0.15, 0.2) is 15.0 Å². The van der Waals surface area contributed by atoms with Crippen LogP contribution in [0.4, 0.5) is 5.13 Å². The number of para-hydroxylation sites is 1. The second-order valence-corrected chi connectivity index (χ2v) is 10.0. The minimum atomic E-state index is -3.40. The molecule has 0 aliphatic rings. The van der Waals surface area contributed by atoms with Gasteiger partial charge in [0.1, 0.15) is 5.52 Å². The van der Waals surface area contributed by atoms with Gasteiger partial charge in [-0.25, -0.2) is 13.4 Å². The van der Waals surface area contributed by atoms with Crippen LogP contribution in [0, 0.1) is 0 Å². The van der Waals surface area contributed by atoms with Crippen molar-refractivity contribution in [3.05, 3.63) is 40.6 Å². The van der Waals surface area contributed by atoms with E-state index in [1.165, 1.54) is 28.9 Å². The van der Waals surface area contributed by atoms with Crippen molar-refractivity contribution in [3.63, 3.8) is 0 Å². The molecule has 26 heavy (non-hydrogen) atoms. The number of fused-ring (bicyclic) bond motifs is 1. The summed E-state index contributed by atoms with van der Waals surface area (Å²) in [6.07, 6.45) is 1.17. The maximum Gasteiger partial charge on any atom is 0.270 e. The minimum Gasteiger partial charge on any atom is -0.308 e. The summed E-state index contributed by atoms with van der Waals surface area (Å²) in [7, 11) is 0.480. The molecule has 0 saturated heterocycles. The lowest BCUT2D eigenvalue weighted by molar-refractivity contribution is 0.0989. The van der Waals surface area contributed by atoms with Crippen LogP contribution >= 0.6 is 22.7 Å². The van der Waals surface area contributed by atoms with Crippen molar-refractivity contribution in [1.82, 2.24) is 9.88 Å². The molecule has 0 aliphatic carbocycles. The predicted molar refractivity (Wildman–Crippen MR) is 107 cm³/mol.